The molecule has 3 saturated heterocycles. The summed E-state index contributed by atoms with van der Waals surface area (Å²) in [6, 6.07) is 8.35. The minimum absolute atomic E-state index is 0.0561. The highest BCUT2D eigenvalue weighted by Gasteiger charge is 2.46. The van der Waals surface area contributed by atoms with Crippen LogP contribution in [0.15, 0.2) is 36.4 Å². The van der Waals surface area contributed by atoms with Crippen LogP contribution in [-0.2, 0) is 25.5 Å². The number of hydrogen-bond donors (Lipinski definition) is 3. The summed E-state index contributed by atoms with van der Waals surface area (Å²) >= 11 is 0. The number of ether oxygens (including phenoxy) is 1. The number of aromatic nitrogens is 1. The Bertz CT molecular complexity index is 2200. The molecule has 1 unspecified atom stereocenters. The predicted octanol–water partition coefficient (Wildman–Crippen LogP) is 3.18. The van der Waals surface area contributed by atoms with E-state index in [1.54, 1.807) is 24.3 Å². The predicted molar refractivity (Wildman–Crippen MR) is 185 cm³/mol. The lowest BCUT2D eigenvalue weighted by atomic mass is 9.88. The van der Waals surface area contributed by atoms with E-state index in [0.717, 1.165) is 33.1 Å². The highest BCUT2D eigenvalue weighted by molar-refractivity contribution is 6.37. The Kier molecular flexibility index (Phi) is 7.27. The molecule has 5 aliphatic heterocycles. The molecule has 0 radical (unpaired) electrons. The topological polar surface area (TPSA) is 161 Å². The van der Waals surface area contributed by atoms with E-state index in [1.807, 2.05) is 11.8 Å². The first-order valence-electron chi connectivity index (χ1n) is 17.6. The van der Waals surface area contributed by atoms with E-state index in [0.29, 0.717) is 80.9 Å². The number of anilines is 2. The number of fused-ring (bicyclic) bond motifs is 3. The molecule has 6 amide bonds. The maximum Gasteiger partial charge on any atom is 0.262 e. The van der Waals surface area contributed by atoms with Gasteiger partial charge in [-0.05, 0) is 86.6 Å². The number of halogens is 1. The van der Waals surface area contributed by atoms with Crippen LogP contribution in [0, 0.1) is 12.7 Å². The van der Waals surface area contributed by atoms with Gasteiger partial charge in [-0.25, -0.2) is 4.39 Å². The number of morpholine rings is 1. The largest absolute Gasteiger partial charge is 0.371 e. The summed E-state index contributed by atoms with van der Waals surface area (Å²) in [5.74, 6) is -2.94. The lowest BCUT2D eigenvalue weighted by molar-refractivity contribution is -0.136. The van der Waals surface area contributed by atoms with Crippen molar-refractivity contribution < 1.29 is 37.9 Å². The second-order valence-corrected chi connectivity index (χ2v) is 14.4. The van der Waals surface area contributed by atoms with Crippen LogP contribution >= 0.6 is 0 Å². The maximum atomic E-state index is 14.2. The third-order valence-electron chi connectivity index (χ3n) is 11.5. The summed E-state index contributed by atoms with van der Waals surface area (Å²) in [6.07, 6.45) is 2.56. The molecule has 1 aromatic heterocycles. The number of H-pyrrole nitrogens is 1. The SMILES string of the molecule is Cc1[nH]c2c(c1C(=O)N1CCOC3(CCN(c4ccc5c(c4)C(=O)N(C4CCC(=O)NC4=O)C5=O)CC3)C1)CCC2=C1C(=O)Nc2ccc(F)cc21. The quantitative estimate of drug-likeness (QED) is 0.277. The van der Waals surface area contributed by atoms with Gasteiger partial charge in [-0.15, -0.1) is 0 Å². The van der Waals surface area contributed by atoms with Crippen LogP contribution in [0.1, 0.15) is 85.7 Å². The molecular weight excluding hydrogens is 671 g/mol. The monoisotopic (exact) mass is 706 g/mol. The van der Waals surface area contributed by atoms with Crippen molar-refractivity contribution in [1.29, 1.82) is 0 Å². The number of aromatic amines is 1. The highest BCUT2D eigenvalue weighted by atomic mass is 19.1. The Balaban J connectivity index is 0.903. The molecule has 6 heterocycles. The fourth-order valence-corrected chi connectivity index (χ4v) is 8.84. The molecule has 1 spiro atoms. The summed E-state index contributed by atoms with van der Waals surface area (Å²) in [4.78, 5) is 86.2. The van der Waals surface area contributed by atoms with Gasteiger partial charge in [0.25, 0.3) is 23.6 Å². The molecule has 2 aromatic carbocycles. The molecule has 3 fully saturated rings. The molecule has 3 aromatic rings. The van der Waals surface area contributed by atoms with E-state index in [9.17, 15) is 33.2 Å². The van der Waals surface area contributed by atoms with Gasteiger partial charge in [-0.2, -0.15) is 0 Å². The summed E-state index contributed by atoms with van der Waals surface area (Å²) in [5.41, 5.74) is 5.98. The van der Waals surface area contributed by atoms with E-state index < -0.39 is 41.1 Å². The first kappa shape index (κ1) is 32.3. The number of nitrogens with zero attached hydrogens (tertiary/aromatic N) is 3. The van der Waals surface area contributed by atoms with Gasteiger partial charge < -0.3 is 24.8 Å². The Morgan fingerprint density at radius 2 is 1.69 bits per heavy atom. The molecular formula is C38H35FN6O7. The fourth-order valence-electron chi connectivity index (χ4n) is 8.84. The Morgan fingerprint density at radius 1 is 0.904 bits per heavy atom. The smallest absolute Gasteiger partial charge is 0.262 e. The normalized spacial score (nSPS) is 23.6. The molecule has 266 valence electrons. The number of aryl methyl sites for hydroxylation is 1. The number of benzene rings is 2. The number of imide groups is 2. The van der Waals surface area contributed by atoms with Crippen molar-refractivity contribution in [3.05, 3.63) is 81.4 Å². The number of nitrogens with one attached hydrogen (secondary N) is 3. The number of piperidine rings is 2. The summed E-state index contributed by atoms with van der Waals surface area (Å²) in [6.45, 7) is 4.31. The Hall–Kier alpha value is -5.63. The van der Waals surface area contributed by atoms with Crippen LogP contribution < -0.4 is 15.5 Å². The minimum atomic E-state index is -1.02. The van der Waals surface area contributed by atoms with Crippen LogP contribution in [0.3, 0.4) is 0 Å². The van der Waals surface area contributed by atoms with Crippen LogP contribution in [0.4, 0.5) is 15.8 Å². The summed E-state index contributed by atoms with van der Waals surface area (Å²) in [5, 5.41) is 5.05. The van der Waals surface area contributed by atoms with Gasteiger partial charge >= 0.3 is 0 Å². The average Bonchev–Trinajstić information content (AvgIpc) is 3.83. The van der Waals surface area contributed by atoms with Crippen molar-refractivity contribution in [2.45, 2.75) is 57.1 Å². The number of allylic oxidation sites excluding steroid dienone is 1. The number of rotatable bonds is 3. The van der Waals surface area contributed by atoms with E-state index in [2.05, 4.69) is 20.5 Å². The zero-order chi connectivity index (χ0) is 36.1. The lowest BCUT2D eigenvalue weighted by Crippen LogP contribution is -2.58. The highest BCUT2D eigenvalue weighted by Crippen LogP contribution is 2.45. The van der Waals surface area contributed by atoms with Crippen LogP contribution in [0.5, 0.6) is 0 Å². The van der Waals surface area contributed by atoms with Gasteiger partial charge in [-0.3, -0.25) is 39.0 Å². The third kappa shape index (κ3) is 4.91. The van der Waals surface area contributed by atoms with Gasteiger partial charge in [-0.1, -0.05) is 0 Å². The minimum Gasteiger partial charge on any atom is -0.371 e. The van der Waals surface area contributed by atoms with Gasteiger partial charge in [0.2, 0.25) is 11.8 Å². The van der Waals surface area contributed by atoms with E-state index in [-0.39, 0.29) is 35.8 Å². The average molecular weight is 707 g/mol. The van der Waals surface area contributed by atoms with Crippen molar-refractivity contribution in [3.63, 3.8) is 0 Å². The summed E-state index contributed by atoms with van der Waals surface area (Å²) in [7, 11) is 0. The number of carbonyl (C=O) groups is 6. The molecule has 9 rings (SSSR count). The molecule has 0 bridgehead atoms. The fraction of sp³-hybridized carbons (Fsp3) is 0.368. The van der Waals surface area contributed by atoms with Gasteiger partial charge in [0.05, 0.1) is 41.0 Å². The standard InChI is InChI=1S/C38H35FN6O7/c1-19-30(23-5-6-24(32(23)40-19)31-26-16-20(39)2-7-27(26)41-34(31)48)37(51)44-14-15-52-38(18-44)10-12-43(13-11-38)21-3-4-22-25(17-21)36(50)45(35(22)49)28-8-9-29(46)42-33(28)47/h2-4,7,16-17,28,40H,5-6,8-15,18H2,1H3,(H,41,48)(H,42,46,47). The second-order valence-electron chi connectivity index (χ2n) is 14.4. The third-order valence-corrected chi connectivity index (χ3v) is 11.5. The van der Waals surface area contributed by atoms with Crippen LogP contribution in [0.2, 0.25) is 0 Å². The van der Waals surface area contributed by atoms with E-state index in [4.69, 9.17) is 4.74 Å². The van der Waals surface area contributed by atoms with Crippen molar-refractivity contribution in [1.82, 2.24) is 20.1 Å². The molecule has 1 atom stereocenters. The second kappa shape index (κ2) is 11.7. The van der Waals surface area contributed by atoms with E-state index >= 15 is 0 Å². The molecule has 52 heavy (non-hydrogen) atoms. The molecule has 3 N–H and O–H groups in total. The maximum absolute atomic E-state index is 14.2. The van der Waals surface area contributed by atoms with Gasteiger partial charge in [0, 0.05) is 54.4 Å². The molecule has 13 nitrogen and oxygen atoms in total. The zero-order valence-corrected chi connectivity index (χ0v) is 28.4. The molecule has 1 aliphatic carbocycles. The first-order chi connectivity index (χ1) is 25.0. The van der Waals surface area contributed by atoms with Crippen LogP contribution in [-0.4, -0.2) is 94.7 Å². The lowest BCUT2D eigenvalue weighted by Gasteiger charge is -2.47. The van der Waals surface area contributed by atoms with Crippen molar-refractivity contribution in [2.75, 3.05) is 43.0 Å². The number of amides is 6. The number of hydrogen-bond acceptors (Lipinski definition) is 8. The van der Waals surface area contributed by atoms with Gasteiger partial charge in [0.1, 0.15) is 11.9 Å². The Labute approximate surface area is 297 Å². The van der Waals surface area contributed by atoms with Crippen molar-refractivity contribution in [3.8, 4) is 0 Å². The molecule has 0 saturated carbocycles. The van der Waals surface area contributed by atoms with Crippen LogP contribution in [0.25, 0.3) is 11.1 Å². The first-order valence-corrected chi connectivity index (χ1v) is 17.6. The Morgan fingerprint density at radius 3 is 2.48 bits per heavy atom. The number of carbonyl (C=O) groups excluding carboxylic acids is 6. The molecule has 6 aliphatic rings. The van der Waals surface area contributed by atoms with Crippen molar-refractivity contribution in [2.24, 2.45) is 0 Å². The van der Waals surface area contributed by atoms with E-state index in [1.165, 1.54) is 12.1 Å². The zero-order valence-electron chi connectivity index (χ0n) is 28.4. The molecule has 14 heteroatoms. The summed E-state index contributed by atoms with van der Waals surface area (Å²) < 4.78 is 20.6. The van der Waals surface area contributed by atoms with Crippen molar-refractivity contribution >= 4 is 58.0 Å². The van der Waals surface area contributed by atoms with Gasteiger partial charge in [0.15, 0.2) is 0 Å².